The molecule has 1 saturated heterocycles. The summed E-state index contributed by atoms with van der Waals surface area (Å²) in [6.07, 6.45) is 1.82. The van der Waals surface area contributed by atoms with Crippen LogP contribution < -0.4 is 5.32 Å². The highest BCUT2D eigenvalue weighted by atomic mass is 16.6. The number of rotatable bonds is 7. The van der Waals surface area contributed by atoms with Gasteiger partial charge in [-0.1, -0.05) is 34.6 Å². The van der Waals surface area contributed by atoms with Gasteiger partial charge in [-0.15, -0.1) is 0 Å². The quantitative estimate of drug-likeness (QED) is 0.515. The fraction of sp³-hybridized carbons (Fsp3) is 0.818. The highest BCUT2D eigenvalue weighted by Crippen LogP contribution is 2.25. The minimum atomic E-state index is -0.897. The van der Waals surface area contributed by atoms with Crippen LogP contribution in [-0.2, 0) is 23.9 Å². The lowest BCUT2D eigenvalue weighted by molar-refractivity contribution is -0.159. The number of carbonyl (C=O) groups excluding carboxylic acids is 4. The van der Waals surface area contributed by atoms with Gasteiger partial charge in [-0.2, -0.15) is 0 Å². The molecular formula is C22H38N2O5. The monoisotopic (exact) mass is 410 g/mol. The normalized spacial score (nSPS) is 18.5. The predicted molar refractivity (Wildman–Crippen MR) is 111 cm³/mol. The summed E-state index contributed by atoms with van der Waals surface area (Å²) in [5.74, 6) is -2.05. The lowest BCUT2D eigenvalue weighted by atomic mass is 9.91. The number of likely N-dealkylation sites (tertiary alicyclic amines) is 1. The number of hydrogen-bond donors (Lipinski definition) is 1. The Kier molecular flexibility index (Phi) is 8.42. The number of ether oxygens (including phenoxy) is 1. The van der Waals surface area contributed by atoms with Crippen molar-refractivity contribution in [2.24, 2.45) is 11.3 Å². The van der Waals surface area contributed by atoms with Crippen LogP contribution >= 0.6 is 0 Å². The largest absolute Gasteiger partial charge is 0.458 e. The molecule has 1 N–H and O–H groups in total. The number of Topliss-reactive ketones (excluding diaryl/α,β-unsaturated/α-hetero) is 1. The Labute approximate surface area is 174 Å². The van der Waals surface area contributed by atoms with Gasteiger partial charge >= 0.3 is 5.97 Å². The molecule has 1 rings (SSSR count). The Morgan fingerprint density at radius 2 is 1.66 bits per heavy atom. The summed E-state index contributed by atoms with van der Waals surface area (Å²) >= 11 is 0. The molecule has 29 heavy (non-hydrogen) atoms. The summed E-state index contributed by atoms with van der Waals surface area (Å²) in [7, 11) is 0. The Morgan fingerprint density at radius 3 is 2.14 bits per heavy atom. The minimum absolute atomic E-state index is 0.118. The summed E-state index contributed by atoms with van der Waals surface area (Å²) in [4.78, 5) is 52.0. The van der Waals surface area contributed by atoms with E-state index in [1.807, 2.05) is 34.6 Å². The molecule has 7 heteroatoms. The van der Waals surface area contributed by atoms with Crippen molar-refractivity contribution in [3.8, 4) is 0 Å². The molecule has 1 aliphatic heterocycles. The molecule has 0 saturated carbocycles. The zero-order valence-corrected chi connectivity index (χ0v) is 19.3. The van der Waals surface area contributed by atoms with Crippen LogP contribution in [-0.4, -0.2) is 52.7 Å². The second-order valence-electron chi connectivity index (χ2n) is 10.5. The van der Waals surface area contributed by atoms with E-state index in [-0.39, 0.29) is 17.2 Å². The van der Waals surface area contributed by atoms with E-state index in [0.29, 0.717) is 32.2 Å². The van der Waals surface area contributed by atoms with Gasteiger partial charge < -0.3 is 15.0 Å². The van der Waals surface area contributed by atoms with Crippen molar-refractivity contribution < 1.29 is 23.9 Å². The molecule has 0 spiro atoms. The average Bonchev–Trinajstić information content (AvgIpc) is 2.99. The van der Waals surface area contributed by atoms with Crippen LogP contribution in [0.15, 0.2) is 0 Å². The first-order valence-corrected chi connectivity index (χ1v) is 10.5. The molecule has 1 fully saturated rings. The van der Waals surface area contributed by atoms with E-state index < -0.39 is 35.3 Å². The zero-order valence-electron chi connectivity index (χ0n) is 19.3. The van der Waals surface area contributed by atoms with Crippen molar-refractivity contribution in [2.75, 3.05) is 6.54 Å². The molecule has 7 nitrogen and oxygen atoms in total. The van der Waals surface area contributed by atoms with E-state index in [2.05, 4.69) is 5.32 Å². The summed E-state index contributed by atoms with van der Waals surface area (Å²) in [5, 5.41) is 2.55. The van der Waals surface area contributed by atoms with Crippen LogP contribution in [0.3, 0.4) is 0 Å². The van der Waals surface area contributed by atoms with E-state index in [1.165, 1.54) is 4.90 Å². The average molecular weight is 411 g/mol. The fourth-order valence-electron chi connectivity index (χ4n) is 3.33. The van der Waals surface area contributed by atoms with Gasteiger partial charge in [-0.25, -0.2) is 4.79 Å². The first-order chi connectivity index (χ1) is 13.1. The summed E-state index contributed by atoms with van der Waals surface area (Å²) in [6.45, 7) is 15.5. The zero-order chi connectivity index (χ0) is 22.6. The molecule has 0 aliphatic carbocycles. The Bertz CT molecular complexity index is 628. The van der Waals surface area contributed by atoms with Crippen LogP contribution in [0.5, 0.6) is 0 Å². The Balaban J connectivity index is 2.87. The van der Waals surface area contributed by atoms with Crippen molar-refractivity contribution in [2.45, 2.75) is 98.8 Å². The summed E-state index contributed by atoms with van der Waals surface area (Å²) < 4.78 is 5.39. The topological polar surface area (TPSA) is 92.8 Å². The number of esters is 1. The van der Waals surface area contributed by atoms with Crippen molar-refractivity contribution >= 4 is 23.6 Å². The summed E-state index contributed by atoms with van der Waals surface area (Å²) in [6, 6.07) is -1.66. The smallest absolute Gasteiger partial charge is 0.329 e. The third-order valence-corrected chi connectivity index (χ3v) is 4.48. The lowest BCUT2D eigenvalue weighted by Gasteiger charge is -2.28. The number of ketones is 1. The van der Waals surface area contributed by atoms with Gasteiger partial charge in [0.1, 0.15) is 17.7 Å². The van der Waals surface area contributed by atoms with Crippen molar-refractivity contribution in [3.63, 3.8) is 0 Å². The van der Waals surface area contributed by atoms with Crippen molar-refractivity contribution in [1.29, 1.82) is 0 Å². The molecule has 1 unspecified atom stereocenters. The summed E-state index contributed by atoms with van der Waals surface area (Å²) in [5.41, 5.74) is -0.892. The van der Waals surface area contributed by atoms with Gasteiger partial charge in [0.05, 0.1) is 0 Å². The van der Waals surface area contributed by atoms with E-state index in [9.17, 15) is 19.2 Å². The van der Waals surface area contributed by atoms with Crippen LogP contribution in [0.25, 0.3) is 0 Å². The standard InChI is InChI=1S/C22H38N2O5/c1-14(2)12-15(20(28)29-22(6,7)8)23-19(27)18(26)16-10-9-11-24(16)17(25)13-21(3,4)5/h14-16H,9-13H2,1-8H3,(H,23,27)/t15-,16?/m1/s1. The molecule has 0 radical (unpaired) electrons. The molecule has 0 bridgehead atoms. The Morgan fingerprint density at radius 1 is 1.07 bits per heavy atom. The van der Waals surface area contributed by atoms with Crippen LogP contribution in [0.4, 0.5) is 0 Å². The van der Waals surface area contributed by atoms with Crippen LogP contribution in [0, 0.1) is 11.3 Å². The molecular weight excluding hydrogens is 372 g/mol. The van der Waals surface area contributed by atoms with Gasteiger partial charge in [0.25, 0.3) is 5.91 Å². The molecule has 1 aliphatic rings. The van der Waals surface area contributed by atoms with Gasteiger partial charge in [-0.05, 0) is 51.4 Å². The number of nitrogens with one attached hydrogen (secondary N) is 1. The molecule has 0 aromatic rings. The van der Waals surface area contributed by atoms with Gasteiger partial charge in [0, 0.05) is 13.0 Å². The SMILES string of the molecule is CC(C)C[C@@H](NC(=O)C(=O)C1CCCN1C(=O)CC(C)(C)C)C(=O)OC(C)(C)C. The second kappa shape index (κ2) is 9.72. The van der Waals surface area contributed by atoms with Crippen molar-refractivity contribution in [1.82, 2.24) is 10.2 Å². The van der Waals surface area contributed by atoms with Gasteiger partial charge in [-0.3, -0.25) is 14.4 Å². The fourth-order valence-corrected chi connectivity index (χ4v) is 3.33. The minimum Gasteiger partial charge on any atom is -0.458 e. The maximum Gasteiger partial charge on any atom is 0.329 e. The highest BCUT2D eigenvalue weighted by molar-refractivity contribution is 6.38. The molecule has 0 aromatic carbocycles. The molecule has 166 valence electrons. The van der Waals surface area contributed by atoms with E-state index >= 15 is 0 Å². The maximum absolute atomic E-state index is 12.8. The van der Waals surface area contributed by atoms with Crippen molar-refractivity contribution in [3.05, 3.63) is 0 Å². The predicted octanol–water partition coefficient (Wildman–Crippen LogP) is 2.86. The first kappa shape index (κ1) is 25.1. The maximum atomic E-state index is 12.8. The Hall–Kier alpha value is -1.92. The van der Waals surface area contributed by atoms with E-state index in [0.717, 1.165) is 0 Å². The molecule has 2 amide bonds. The third-order valence-electron chi connectivity index (χ3n) is 4.48. The van der Waals surface area contributed by atoms with E-state index in [4.69, 9.17) is 4.74 Å². The van der Waals surface area contributed by atoms with Gasteiger partial charge in [0.15, 0.2) is 0 Å². The van der Waals surface area contributed by atoms with Crippen LogP contribution in [0.1, 0.15) is 81.1 Å². The molecule has 1 heterocycles. The number of amides is 2. The van der Waals surface area contributed by atoms with E-state index in [1.54, 1.807) is 20.8 Å². The second-order valence-corrected chi connectivity index (χ2v) is 10.5. The number of carbonyl (C=O) groups is 4. The number of hydrogen-bond acceptors (Lipinski definition) is 5. The molecule has 0 aromatic heterocycles. The van der Waals surface area contributed by atoms with Crippen LogP contribution in [0.2, 0.25) is 0 Å². The highest BCUT2D eigenvalue weighted by Gasteiger charge is 2.39. The number of nitrogens with zero attached hydrogens (tertiary/aromatic N) is 1. The van der Waals surface area contributed by atoms with Gasteiger partial charge in [0.2, 0.25) is 11.7 Å². The third kappa shape index (κ3) is 8.54. The first-order valence-electron chi connectivity index (χ1n) is 10.5. The lowest BCUT2D eigenvalue weighted by Crippen LogP contribution is -2.52. The molecule has 2 atom stereocenters.